The molecule has 29 heavy (non-hydrogen) atoms. The van der Waals surface area contributed by atoms with Crippen LogP contribution in [0, 0.1) is 11.8 Å². The topological polar surface area (TPSA) is 110 Å². The van der Waals surface area contributed by atoms with E-state index in [1.54, 1.807) is 18.2 Å². The van der Waals surface area contributed by atoms with Crippen LogP contribution in [0.15, 0.2) is 23.1 Å². The molecular weight excluding hydrogens is 412 g/mol. The van der Waals surface area contributed by atoms with Crippen molar-refractivity contribution in [2.75, 3.05) is 19.7 Å². The Labute approximate surface area is 174 Å². The quantitative estimate of drug-likeness (QED) is 0.685. The minimum atomic E-state index is -3.64. The number of fused-ring (bicyclic) bond motifs is 1. The number of rotatable bonds is 7. The Bertz CT molecular complexity index is 948. The van der Waals surface area contributed by atoms with Crippen LogP contribution in [0.2, 0.25) is 0 Å². The SMILES string of the molecule is O=C(NC[C@H]1CCCO1)C1CCC(CNS(=O)(=O)c2cccc3nsnc23)CC1. The molecule has 0 bridgehead atoms. The van der Waals surface area contributed by atoms with Gasteiger partial charge >= 0.3 is 0 Å². The van der Waals surface area contributed by atoms with E-state index in [0.29, 0.717) is 24.1 Å². The van der Waals surface area contributed by atoms with E-state index in [4.69, 9.17) is 4.74 Å². The zero-order valence-corrected chi connectivity index (χ0v) is 17.8. The first kappa shape index (κ1) is 20.6. The summed E-state index contributed by atoms with van der Waals surface area (Å²) < 4.78 is 41.9. The van der Waals surface area contributed by atoms with Crippen LogP contribution >= 0.6 is 11.7 Å². The Morgan fingerprint density at radius 1 is 1.14 bits per heavy atom. The smallest absolute Gasteiger partial charge is 0.242 e. The van der Waals surface area contributed by atoms with Crippen molar-refractivity contribution >= 4 is 38.7 Å². The van der Waals surface area contributed by atoms with Crippen LogP contribution < -0.4 is 10.0 Å². The van der Waals surface area contributed by atoms with Crippen LogP contribution in [-0.2, 0) is 19.6 Å². The van der Waals surface area contributed by atoms with Crippen molar-refractivity contribution in [3.63, 3.8) is 0 Å². The van der Waals surface area contributed by atoms with Crippen LogP contribution in [-0.4, -0.2) is 48.9 Å². The fraction of sp³-hybridized carbons (Fsp3) is 0.632. The van der Waals surface area contributed by atoms with E-state index in [2.05, 4.69) is 18.8 Å². The van der Waals surface area contributed by atoms with Gasteiger partial charge < -0.3 is 10.1 Å². The summed E-state index contributed by atoms with van der Waals surface area (Å²) in [7, 11) is -3.64. The fourth-order valence-electron chi connectivity index (χ4n) is 4.10. The van der Waals surface area contributed by atoms with Crippen LogP contribution in [0.1, 0.15) is 38.5 Å². The first-order chi connectivity index (χ1) is 14.0. The van der Waals surface area contributed by atoms with Crippen LogP contribution in [0.5, 0.6) is 0 Å². The molecule has 1 amide bonds. The predicted molar refractivity (Wildman–Crippen MR) is 110 cm³/mol. The molecule has 0 radical (unpaired) electrons. The molecule has 1 saturated heterocycles. The molecule has 2 N–H and O–H groups in total. The van der Waals surface area contributed by atoms with Crippen LogP contribution in [0.25, 0.3) is 11.0 Å². The van der Waals surface area contributed by atoms with E-state index in [1.165, 1.54) is 0 Å². The normalized spacial score (nSPS) is 25.3. The van der Waals surface area contributed by atoms with Crippen molar-refractivity contribution in [2.45, 2.75) is 49.5 Å². The van der Waals surface area contributed by atoms with E-state index < -0.39 is 10.0 Å². The highest BCUT2D eigenvalue weighted by atomic mass is 32.2. The van der Waals surface area contributed by atoms with E-state index in [-0.39, 0.29) is 28.7 Å². The van der Waals surface area contributed by atoms with Crippen molar-refractivity contribution in [1.29, 1.82) is 0 Å². The van der Waals surface area contributed by atoms with E-state index in [9.17, 15) is 13.2 Å². The molecule has 2 fully saturated rings. The number of carbonyl (C=O) groups excluding carboxylic acids is 1. The first-order valence-corrected chi connectivity index (χ1v) is 12.3. The second kappa shape index (κ2) is 9.03. The third-order valence-corrected chi connectivity index (χ3v) is 7.84. The maximum Gasteiger partial charge on any atom is 0.242 e. The zero-order valence-electron chi connectivity index (χ0n) is 16.2. The largest absolute Gasteiger partial charge is 0.376 e. The lowest BCUT2D eigenvalue weighted by Crippen LogP contribution is -2.38. The lowest BCUT2D eigenvalue weighted by molar-refractivity contribution is -0.126. The van der Waals surface area contributed by atoms with Gasteiger partial charge in [-0.15, -0.1) is 0 Å². The van der Waals surface area contributed by atoms with Gasteiger partial charge in [-0.3, -0.25) is 4.79 Å². The molecule has 1 aromatic carbocycles. The summed E-state index contributed by atoms with van der Waals surface area (Å²) in [4.78, 5) is 12.5. The molecule has 0 spiro atoms. The fourth-order valence-corrected chi connectivity index (χ4v) is 5.98. The van der Waals surface area contributed by atoms with Crippen LogP contribution in [0.3, 0.4) is 0 Å². The van der Waals surface area contributed by atoms with Gasteiger partial charge in [0.05, 0.1) is 17.8 Å². The predicted octanol–water partition coefficient (Wildman–Crippen LogP) is 2.07. The molecule has 10 heteroatoms. The molecule has 0 unspecified atom stereocenters. The van der Waals surface area contributed by atoms with Gasteiger partial charge in [0.2, 0.25) is 15.9 Å². The molecule has 1 aliphatic carbocycles. The van der Waals surface area contributed by atoms with Crippen molar-refractivity contribution in [1.82, 2.24) is 18.8 Å². The number of hydrogen-bond acceptors (Lipinski definition) is 7. The monoisotopic (exact) mass is 438 g/mol. The Morgan fingerprint density at radius 2 is 1.97 bits per heavy atom. The molecule has 1 aliphatic heterocycles. The molecule has 2 aromatic rings. The Morgan fingerprint density at radius 3 is 2.72 bits per heavy atom. The summed E-state index contributed by atoms with van der Waals surface area (Å²) in [5, 5.41) is 3.01. The molecule has 1 saturated carbocycles. The molecule has 2 heterocycles. The summed E-state index contributed by atoms with van der Waals surface area (Å²) in [6.45, 7) is 1.76. The number of benzene rings is 1. The second-order valence-corrected chi connectivity index (χ2v) is 10.1. The summed E-state index contributed by atoms with van der Waals surface area (Å²) in [5.74, 6) is 0.348. The van der Waals surface area contributed by atoms with Crippen molar-refractivity contribution in [3.8, 4) is 0 Å². The average molecular weight is 439 g/mol. The van der Waals surface area contributed by atoms with Crippen LogP contribution in [0.4, 0.5) is 0 Å². The second-order valence-electron chi connectivity index (χ2n) is 7.84. The average Bonchev–Trinajstić information content (AvgIpc) is 3.42. The molecule has 158 valence electrons. The van der Waals surface area contributed by atoms with E-state index in [1.807, 2.05) is 0 Å². The molecule has 1 aromatic heterocycles. The number of aromatic nitrogens is 2. The molecular formula is C19H26N4O4S2. The van der Waals surface area contributed by atoms with Gasteiger partial charge in [0.25, 0.3) is 0 Å². The highest BCUT2D eigenvalue weighted by Crippen LogP contribution is 2.29. The number of ether oxygens (including phenoxy) is 1. The lowest BCUT2D eigenvalue weighted by Gasteiger charge is -2.28. The minimum absolute atomic E-state index is 0.0130. The zero-order chi connectivity index (χ0) is 20.3. The third-order valence-electron chi connectivity index (χ3n) is 5.85. The number of hydrogen-bond donors (Lipinski definition) is 2. The maximum atomic E-state index is 12.7. The van der Waals surface area contributed by atoms with Gasteiger partial charge in [-0.1, -0.05) is 6.07 Å². The van der Waals surface area contributed by atoms with E-state index in [0.717, 1.165) is 56.9 Å². The molecule has 2 aliphatic rings. The summed E-state index contributed by atoms with van der Waals surface area (Å²) in [6.07, 6.45) is 5.48. The molecule has 8 nitrogen and oxygen atoms in total. The highest BCUT2D eigenvalue weighted by Gasteiger charge is 2.28. The lowest BCUT2D eigenvalue weighted by atomic mass is 9.81. The number of nitrogens with one attached hydrogen (secondary N) is 2. The van der Waals surface area contributed by atoms with Gasteiger partial charge in [0.15, 0.2) is 0 Å². The third kappa shape index (κ3) is 4.93. The Hall–Kier alpha value is -1.62. The summed E-state index contributed by atoms with van der Waals surface area (Å²) >= 11 is 1.01. The van der Waals surface area contributed by atoms with Gasteiger partial charge in [-0.2, -0.15) is 8.75 Å². The standard InChI is InChI=1S/C19H26N4O4S2/c24-19(20-12-15-3-2-10-27-15)14-8-6-13(7-9-14)11-21-29(25,26)17-5-1-4-16-18(17)23-28-22-16/h1,4-5,13-15,21H,2-3,6-12H2,(H,20,24)/t13?,14?,15-/m1/s1. The van der Waals surface area contributed by atoms with Gasteiger partial charge in [0, 0.05) is 25.6 Å². The van der Waals surface area contributed by atoms with Crippen molar-refractivity contribution < 1.29 is 17.9 Å². The number of carbonyl (C=O) groups is 1. The minimum Gasteiger partial charge on any atom is -0.376 e. The Kier molecular flexibility index (Phi) is 6.43. The number of amides is 1. The van der Waals surface area contributed by atoms with Crippen molar-refractivity contribution in [3.05, 3.63) is 18.2 Å². The number of sulfonamides is 1. The molecule has 1 atom stereocenters. The molecule has 4 rings (SSSR count). The summed E-state index contributed by atoms with van der Waals surface area (Å²) in [5.41, 5.74) is 1.00. The van der Waals surface area contributed by atoms with Gasteiger partial charge in [-0.25, -0.2) is 13.1 Å². The van der Waals surface area contributed by atoms with E-state index >= 15 is 0 Å². The number of nitrogens with zero attached hydrogens (tertiary/aromatic N) is 2. The maximum absolute atomic E-state index is 12.7. The highest BCUT2D eigenvalue weighted by molar-refractivity contribution is 7.89. The Balaban J connectivity index is 1.25. The van der Waals surface area contributed by atoms with Gasteiger partial charge in [0.1, 0.15) is 15.9 Å². The first-order valence-electron chi connectivity index (χ1n) is 10.1. The summed E-state index contributed by atoms with van der Waals surface area (Å²) in [6, 6.07) is 4.99. The van der Waals surface area contributed by atoms with Gasteiger partial charge in [-0.05, 0) is 56.6 Å². The van der Waals surface area contributed by atoms with Crippen molar-refractivity contribution in [2.24, 2.45) is 11.8 Å².